The van der Waals surface area contributed by atoms with E-state index in [0.29, 0.717) is 12.8 Å². The molecule has 0 bridgehead atoms. The number of aryl methyl sites for hydroxylation is 1. The van der Waals surface area contributed by atoms with Gasteiger partial charge in [-0.15, -0.1) is 0 Å². The van der Waals surface area contributed by atoms with Gasteiger partial charge in [0, 0.05) is 24.9 Å². The van der Waals surface area contributed by atoms with E-state index in [1.807, 2.05) is 13.8 Å². The molecule has 0 aliphatic carbocycles. The van der Waals surface area contributed by atoms with Crippen LogP contribution in [-0.2, 0) is 11.8 Å². The number of hydrogen-bond acceptors (Lipinski definition) is 3. The van der Waals surface area contributed by atoms with Gasteiger partial charge in [0.1, 0.15) is 0 Å². The van der Waals surface area contributed by atoms with Crippen LogP contribution in [0.15, 0.2) is 23.1 Å². The standard InChI is InChI=1S/C14H20N2O4/c1-4-14(5-2,9-12(18)19)15-13(20)10-6-7-16(3)11(17)8-10/h6-8H,4-5,9H2,1-3H3,(H,15,20)(H,18,19). The second-order valence-electron chi connectivity index (χ2n) is 4.88. The number of carboxylic acid groups (broad SMARTS) is 1. The maximum absolute atomic E-state index is 12.2. The number of aliphatic carboxylic acids is 1. The van der Waals surface area contributed by atoms with Gasteiger partial charge in [-0.25, -0.2) is 0 Å². The molecule has 2 N–H and O–H groups in total. The SMILES string of the molecule is CCC(CC)(CC(=O)O)NC(=O)c1ccn(C)c(=O)c1. The molecule has 1 rings (SSSR count). The number of hydrogen-bond donors (Lipinski definition) is 2. The minimum absolute atomic E-state index is 0.142. The van der Waals surface area contributed by atoms with Gasteiger partial charge in [-0.3, -0.25) is 14.4 Å². The minimum Gasteiger partial charge on any atom is -0.481 e. The van der Waals surface area contributed by atoms with E-state index in [1.165, 1.54) is 22.9 Å². The molecule has 0 spiro atoms. The van der Waals surface area contributed by atoms with Crippen LogP contribution in [0.3, 0.4) is 0 Å². The third-order valence-electron chi connectivity index (χ3n) is 3.59. The highest BCUT2D eigenvalue weighted by Gasteiger charge is 2.31. The number of carbonyl (C=O) groups excluding carboxylic acids is 1. The van der Waals surface area contributed by atoms with Crippen LogP contribution in [0.2, 0.25) is 0 Å². The largest absolute Gasteiger partial charge is 0.481 e. The van der Waals surface area contributed by atoms with Gasteiger partial charge in [-0.05, 0) is 18.9 Å². The number of carboxylic acids is 1. The molecular weight excluding hydrogens is 260 g/mol. The van der Waals surface area contributed by atoms with Crippen molar-refractivity contribution in [2.75, 3.05) is 0 Å². The Kier molecular flexibility index (Phi) is 5.07. The molecule has 1 heterocycles. The summed E-state index contributed by atoms with van der Waals surface area (Å²) >= 11 is 0. The van der Waals surface area contributed by atoms with Gasteiger partial charge < -0.3 is 15.0 Å². The van der Waals surface area contributed by atoms with Crippen molar-refractivity contribution in [1.29, 1.82) is 0 Å². The lowest BCUT2D eigenvalue weighted by Crippen LogP contribution is -2.49. The molecule has 6 heteroatoms. The number of rotatable bonds is 6. The molecule has 0 fully saturated rings. The predicted octanol–water partition coefficient (Wildman–Crippen LogP) is 1.15. The third kappa shape index (κ3) is 3.69. The molecule has 0 saturated carbocycles. The highest BCUT2D eigenvalue weighted by atomic mass is 16.4. The topological polar surface area (TPSA) is 88.4 Å². The van der Waals surface area contributed by atoms with Crippen molar-refractivity contribution in [3.8, 4) is 0 Å². The summed E-state index contributed by atoms with van der Waals surface area (Å²) in [6, 6.07) is 2.78. The molecule has 1 aromatic heterocycles. The minimum atomic E-state index is -0.960. The lowest BCUT2D eigenvalue weighted by atomic mass is 9.88. The Hall–Kier alpha value is -2.11. The lowest BCUT2D eigenvalue weighted by Gasteiger charge is -2.31. The zero-order valence-electron chi connectivity index (χ0n) is 12.0. The molecule has 0 aromatic carbocycles. The molecule has 6 nitrogen and oxygen atoms in total. The maximum atomic E-state index is 12.2. The van der Waals surface area contributed by atoms with Crippen molar-refractivity contribution in [3.05, 3.63) is 34.2 Å². The first kappa shape index (κ1) is 15.9. The first-order valence-corrected chi connectivity index (χ1v) is 6.54. The van der Waals surface area contributed by atoms with Crippen molar-refractivity contribution in [1.82, 2.24) is 9.88 Å². The van der Waals surface area contributed by atoms with Crippen LogP contribution in [0, 0.1) is 0 Å². The predicted molar refractivity (Wildman–Crippen MR) is 74.7 cm³/mol. The zero-order valence-corrected chi connectivity index (χ0v) is 12.0. The van der Waals surface area contributed by atoms with E-state index in [0.717, 1.165) is 0 Å². The molecule has 0 unspecified atom stereocenters. The van der Waals surface area contributed by atoms with Crippen LogP contribution in [0.5, 0.6) is 0 Å². The first-order valence-electron chi connectivity index (χ1n) is 6.54. The summed E-state index contributed by atoms with van der Waals surface area (Å²) in [7, 11) is 1.59. The highest BCUT2D eigenvalue weighted by molar-refractivity contribution is 5.94. The van der Waals surface area contributed by atoms with E-state index < -0.39 is 17.4 Å². The van der Waals surface area contributed by atoms with Gasteiger partial charge in [0.15, 0.2) is 0 Å². The van der Waals surface area contributed by atoms with Crippen LogP contribution >= 0.6 is 0 Å². The Morgan fingerprint density at radius 2 is 1.95 bits per heavy atom. The Morgan fingerprint density at radius 3 is 2.40 bits per heavy atom. The number of nitrogens with one attached hydrogen (secondary N) is 1. The summed E-state index contributed by atoms with van der Waals surface area (Å²) in [5.41, 5.74) is -0.830. The Labute approximate surface area is 117 Å². The first-order chi connectivity index (χ1) is 9.33. The van der Waals surface area contributed by atoms with E-state index in [-0.39, 0.29) is 17.5 Å². The lowest BCUT2D eigenvalue weighted by molar-refractivity contribution is -0.138. The van der Waals surface area contributed by atoms with Gasteiger partial charge in [0.25, 0.3) is 11.5 Å². The molecule has 110 valence electrons. The molecule has 1 aromatic rings. The van der Waals surface area contributed by atoms with E-state index >= 15 is 0 Å². The summed E-state index contributed by atoms with van der Waals surface area (Å²) in [6.07, 6.45) is 2.38. The van der Waals surface area contributed by atoms with Crippen LogP contribution in [0.4, 0.5) is 0 Å². The highest BCUT2D eigenvalue weighted by Crippen LogP contribution is 2.20. The summed E-state index contributed by atoms with van der Waals surface area (Å²) < 4.78 is 1.36. The Morgan fingerprint density at radius 1 is 1.35 bits per heavy atom. The van der Waals surface area contributed by atoms with Gasteiger partial charge in [-0.2, -0.15) is 0 Å². The molecular formula is C14H20N2O4. The molecule has 20 heavy (non-hydrogen) atoms. The zero-order chi connectivity index (χ0) is 15.3. The summed E-state index contributed by atoms with van der Waals surface area (Å²) in [4.78, 5) is 34.6. The fourth-order valence-corrected chi connectivity index (χ4v) is 2.01. The fraction of sp³-hybridized carbons (Fsp3) is 0.500. The van der Waals surface area contributed by atoms with Crippen molar-refractivity contribution < 1.29 is 14.7 Å². The van der Waals surface area contributed by atoms with Crippen LogP contribution in [-0.4, -0.2) is 27.1 Å². The van der Waals surface area contributed by atoms with Crippen LogP contribution in [0.25, 0.3) is 0 Å². The van der Waals surface area contributed by atoms with Crippen LogP contribution < -0.4 is 10.9 Å². The monoisotopic (exact) mass is 280 g/mol. The number of amides is 1. The quantitative estimate of drug-likeness (QED) is 0.818. The van der Waals surface area contributed by atoms with E-state index in [1.54, 1.807) is 7.05 Å². The third-order valence-corrected chi connectivity index (χ3v) is 3.59. The van der Waals surface area contributed by atoms with Gasteiger partial charge in [-0.1, -0.05) is 13.8 Å². The van der Waals surface area contributed by atoms with Crippen molar-refractivity contribution in [2.24, 2.45) is 7.05 Å². The molecule has 0 atom stereocenters. The molecule has 0 aliphatic heterocycles. The molecule has 0 saturated heterocycles. The van der Waals surface area contributed by atoms with Gasteiger partial charge in [0.2, 0.25) is 0 Å². The van der Waals surface area contributed by atoms with Gasteiger partial charge >= 0.3 is 5.97 Å². The average molecular weight is 280 g/mol. The Bertz CT molecular complexity index is 559. The second-order valence-corrected chi connectivity index (χ2v) is 4.88. The van der Waals surface area contributed by atoms with Crippen molar-refractivity contribution in [3.63, 3.8) is 0 Å². The maximum Gasteiger partial charge on any atom is 0.305 e. The van der Waals surface area contributed by atoms with E-state index in [9.17, 15) is 14.4 Å². The smallest absolute Gasteiger partial charge is 0.305 e. The Balaban J connectivity index is 2.98. The summed E-state index contributed by atoms with van der Waals surface area (Å²) in [5, 5.41) is 11.7. The summed E-state index contributed by atoms with van der Waals surface area (Å²) in [5.74, 6) is -1.38. The normalized spacial score (nSPS) is 11.2. The van der Waals surface area contributed by atoms with E-state index in [2.05, 4.69) is 5.32 Å². The number of aromatic nitrogens is 1. The number of carbonyl (C=O) groups is 2. The number of pyridine rings is 1. The number of nitrogens with zero attached hydrogens (tertiary/aromatic N) is 1. The van der Waals surface area contributed by atoms with E-state index in [4.69, 9.17) is 5.11 Å². The second kappa shape index (κ2) is 6.36. The molecule has 0 radical (unpaired) electrons. The fourth-order valence-electron chi connectivity index (χ4n) is 2.01. The van der Waals surface area contributed by atoms with Crippen molar-refractivity contribution in [2.45, 2.75) is 38.6 Å². The van der Waals surface area contributed by atoms with Gasteiger partial charge in [0.05, 0.1) is 12.0 Å². The molecule has 0 aliphatic rings. The average Bonchev–Trinajstić information content (AvgIpc) is 2.40. The van der Waals surface area contributed by atoms with Crippen LogP contribution in [0.1, 0.15) is 43.5 Å². The molecule has 1 amide bonds. The summed E-state index contributed by atoms with van der Waals surface area (Å²) in [6.45, 7) is 3.66. The van der Waals surface area contributed by atoms with Crippen molar-refractivity contribution >= 4 is 11.9 Å².